The SMILES string of the molecule is Cc1cccc(C)c1OCC(=O)NN1C(=O)NC2(CCCCC2)C1=O. The first kappa shape index (κ1) is 17.3. The lowest BCUT2D eigenvalue weighted by molar-refractivity contribution is -0.140. The fourth-order valence-corrected chi connectivity index (χ4v) is 3.54. The Balaban J connectivity index is 1.61. The average molecular weight is 345 g/mol. The molecular weight excluding hydrogens is 322 g/mol. The normalized spacial score (nSPS) is 19.0. The summed E-state index contributed by atoms with van der Waals surface area (Å²) in [5.74, 6) is -0.282. The smallest absolute Gasteiger partial charge is 0.344 e. The van der Waals surface area contributed by atoms with Gasteiger partial charge in [-0.05, 0) is 37.8 Å². The number of rotatable bonds is 4. The third kappa shape index (κ3) is 3.31. The highest BCUT2D eigenvalue weighted by Crippen LogP contribution is 2.33. The number of hydrazine groups is 1. The summed E-state index contributed by atoms with van der Waals surface area (Å²) < 4.78 is 5.57. The van der Waals surface area contributed by atoms with Gasteiger partial charge < -0.3 is 10.1 Å². The van der Waals surface area contributed by atoms with Crippen molar-refractivity contribution >= 4 is 17.8 Å². The lowest BCUT2D eigenvalue weighted by Crippen LogP contribution is -2.51. The second kappa shape index (κ2) is 6.74. The fraction of sp³-hybridized carbons (Fsp3) is 0.500. The highest BCUT2D eigenvalue weighted by Gasteiger charge is 2.52. The van der Waals surface area contributed by atoms with Crippen LogP contribution in [-0.2, 0) is 9.59 Å². The topological polar surface area (TPSA) is 87.7 Å². The molecule has 134 valence electrons. The summed E-state index contributed by atoms with van der Waals surface area (Å²) in [7, 11) is 0. The molecule has 1 aliphatic heterocycles. The first-order valence-corrected chi connectivity index (χ1v) is 8.58. The van der Waals surface area contributed by atoms with E-state index in [1.54, 1.807) is 0 Å². The summed E-state index contributed by atoms with van der Waals surface area (Å²) in [5, 5.41) is 3.54. The van der Waals surface area contributed by atoms with Crippen LogP contribution in [0.25, 0.3) is 0 Å². The molecule has 25 heavy (non-hydrogen) atoms. The van der Waals surface area contributed by atoms with E-state index in [2.05, 4.69) is 10.7 Å². The van der Waals surface area contributed by atoms with Gasteiger partial charge in [0.05, 0.1) is 0 Å². The van der Waals surface area contributed by atoms with Gasteiger partial charge in [-0.2, -0.15) is 5.01 Å². The number of ether oxygens (including phenoxy) is 1. The summed E-state index contributed by atoms with van der Waals surface area (Å²) in [5.41, 5.74) is 3.36. The van der Waals surface area contributed by atoms with Gasteiger partial charge >= 0.3 is 6.03 Å². The van der Waals surface area contributed by atoms with Crippen molar-refractivity contribution in [2.24, 2.45) is 0 Å². The molecule has 2 fully saturated rings. The summed E-state index contributed by atoms with van der Waals surface area (Å²) in [6.45, 7) is 3.52. The molecule has 4 amide bonds. The number of para-hydroxylation sites is 1. The molecule has 0 bridgehead atoms. The number of benzene rings is 1. The molecule has 7 nitrogen and oxygen atoms in total. The maximum atomic E-state index is 12.6. The van der Waals surface area contributed by atoms with Crippen LogP contribution in [0.15, 0.2) is 18.2 Å². The molecular formula is C18H23N3O4. The van der Waals surface area contributed by atoms with E-state index in [1.807, 2.05) is 32.0 Å². The molecule has 1 aliphatic carbocycles. The lowest BCUT2D eigenvalue weighted by Gasteiger charge is -2.30. The molecule has 7 heteroatoms. The standard InChI is InChI=1S/C18H23N3O4/c1-12-7-6-8-13(2)15(12)25-11-14(22)20-21-16(23)18(19-17(21)24)9-4-3-5-10-18/h6-8H,3-5,9-11H2,1-2H3,(H,19,24)(H,20,22). The number of aryl methyl sites for hydroxylation is 2. The molecule has 1 spiro atoms. The predicted molar refractivity (Wildman–Crippen MR) is 90.7 cm³/mol. The van der Waals surface area contributed by atoms with Gasteiger partial charge in [0.2, 0.25) is 0 Å². The lowest BCUT2D eigenvalue weighted by atomic mass is 9.82. The van der Waals surface area contributed by atoms with Gasteiger partial charge in [0, 0.05) is 0 Å². The van der Waals surface area contributed by atoms with Gasteiger partial charge in [-0.3, -0.25) is 15.0 Å². The van der Waals surface area contributed by atoms with Crippen LogP contribution in [0.4, 0.5) is 4.79 Å². The monoisotopic (exact) mass is 345 g/mol. The number of imide groups is 1. The molecule has 2 N–H and O–H groups in total. The van der Waals surface area contributed by atoms with Crippen molar-refractivity contribution in [3.05, 3.63) is 29.3 Å². The molecule has 2 aliphatic rings. The highest BCUT2D eigenvalue weighted by atomic mass is 16.5. The summed E-state index contributed by atoms with van der Waals surface area (Å²) >= 11 is 0. The van der Waals surface area contributed by atoms with Gasteiger partial charge in [0.15, 0.2) is 6.61 Å². The Morgan fingerprint density at radius 2 is 1.84 bits per heavy atom. The molecule has 0 atom stereocenters. The third-order valence-electron chi connectivity index (χ3n) is 4.86. The third-order valence-corrected chi connectivity index (χ3v) is 4.86. The van der Waals surface area contributed by atoms with Crippen LogP contribution in [0.5, 0.6) is 5.75 Å². The number of amides is 4. The minimum absolute atomic E-state index is 0.268. The van der Waals surface area contributed by atoms with E-state index < -0.39 is 17.5 Å². The second-order valence-corrected chi connectivity index (χ2v) is 6.76. The zero-order valence-electron chi connectivity index (χ0n) is 14.6. The fourth-order valence-electron chi connectivity index (χ4n) is 3.54. The number of carbonyl (C=O) groups excluding carboxylic acids is 3. The highest BCUT2D eigenvalue weighted by molar-refractivity contribution is 6.08. The van der Waals surface area contributed by atoms with Gasteiger partial charge in [-0.25, -0.2) is 4.79 Å². The van der Waals surface area contributed by atoms with Crippen molar-refractivity contribution in [1.82, 2.24) is 15.8 Å². The molecule has 1 saturated heterocycles. The molecule has 0 unspecified atom stereocenters. The van der Waals surface area contributed by atoms with Crippen molar-refractivity contribution < 1.29 is 19.1 Å². The Kier molecular flexibility index (Phi) is 4.65. The number of nitrogens with one attached hydrogen (secondary N) is 2. The van der Waals surface area contributed by atoms with E-state index >= 15 is 0 Å². The number of carbonyl (C=O) groups is 3. The molecule has 1 aromatic rings. The van der Waals surface area contributed by atoms with E-state index in [-0.39, 0.29) is 12.5 Å². The molecule has 1 saturated carbocycles. The Bertz CT molecular complexity index is 690. The van der Waals surface area contributed by atoms with Gasteiger partial charge in [-0.1, -0.05) is 37.5 Å². The van der Waals surface area contributed by atoms with Crippen molar-refractivity contribution in [3.63, 3.8) is 0 Å². The maximum absolute atomic E-state index is 12.6. The van der Waals surface area contributed by atoms with Gasteiger partial charge in [0.1, 0.15) is 11.3 Å². The number of hydrogen-bond donors (Lipinski definition) is 2. The first-order valence-electron chi connectivity index (χ1n) is 8.58. The van der Waals surface area contributed by atoms with Crippen molar-refractivity contribution in [2.45, 2.75) is 51.5 Å². The Labute approximate surface area is 146 Å². The molecule has 1 heterocycles. The van der Waals surface area contributed by atoms with Crippen LogP contribution < -0.4 is 15.5 Å². The van der Waals surface area contributed by atoms with Crippen molar-refractivity contribution in [2.75, 3.05) is 6.61 Å². The summed E-state index contributed by atoms with van der Waals surface area (Å²) in [6.07, 6.45) is 4.07. The van der Waals surface area contributed by atoms with Crippen LogP contribution in [-0.4, -0.2) is 35.0 Å². The van der Waals surface area contributed by atoms with E-state index in [4.69, 9.17) is 4.74 Å². The van der Waals surface area contributed by atoms with Crippen LogP contribution in [0, 0.1) is 13.8 Å². The van der Waals surface area contributed by atoms with E-state index in [0.29, 0.717) is 18.6 Å². The first-order chi connectivity index (χ1) is 11.9. The maximum Gasteiger partial charge on any atom is 0.344 e. The largest absolute Gasteiger partial charge is 0.483 e. The average Bonchev–Trinajstić information content (AvgIpc) is 2.79. The minimum Gasteiger partial charge on any atom is -0.483 e. The number of nitrogens with zero attached hydrogens (tertiary/aromatic N) is 1. The zero-order chi connectivity index (χ0) is 18.0. The van der Waals surface area contributed by atoms with Gasteiger partial charge in [0.25, 0.3) is 11.8 Å². The Morgan fingerprint density at radius 3 is 2.48 bits per heavy atom. The summed E-state index contributed by atoms with van der Waals surface area (Å²) in [4.78, 5) is 36.9. The molecule has 0 radical (unpaired) electrons. The van der Waals surface area contributed by atoms with Crippen LogP contribution in [0.3, 0.4) is 0 Å². The molecule has 1 aromatic carbocycles. The van der Waals surface area contributed by atoms with Gasteiger partial charge in [-0.15, -0.1) is 0 Å². The van der Waals surface area contributed by atoms with E-state index in [9.17, 15) is 14.4 Å². The molecule has 3 rings (SSSR count). The van der Waals surface area contributed by atoms with Crippen LogP contribution in [0.1, 0.15) is 43.2 Å². The van der Waals surface area contributed by atoms with Crippen molar-refractivity contribution in [1.29, 1.82) is 0 Å². The minimum atomic E-state index is -0.851. The second-order valence-electron chi connectivity index (χ2n) is 6.76. The van der Waals surface area contributed by atoms with Crippen LogP contribution in [0.2, 0.25) is 0 Å². The van der Waals surface area contributed by atoms with E-state index in [0.717, 1.165) is 35.4 Å². The van der Waals surface area contributed by atoms with Crippen LogP contribution >= 0.6 is 0 Å². The Morgan fingerprint density at radius 1 is 1.20 bits per heavy atom. The predicted octanol–water partition coefficient (Wildman–Crippen LogP) is 1.97. The number of urea groups is 1. The molecule has 0 aromatic heterocycles. The quantitative estimate of drug-likeness (QED) is 0.817. The Hall–Kier alpha value is -2.57. The van der Waals surface area contributed by atoms with Crippen molar-refractivity contribution in [3.8, 4) is 5.75 Å². The zero-order valence-corrected chi connectivity index (χ0v) is 14.6. The number of hydrogen-bond acceptors (Lipinski definition) is 4. The summed E-state index contributed by atoms with van der Waals surface area (Å²) in [6, 6.07) is 5.12. The van der Waals surface area contributed by atoms with E-state index in [1.165, 1.54) is 0 Å².